The van der Waals surface area contributed by atoms with Gasteiger partial charge >= 0.3 is 0 Å². The van der Waals surface area contributed by atoms with Gasteiger partial charge in [-0.15, -0.1) is 10.2 Å². The number of carbonyl (C=O) groups is 1. The minimum absolute atomic E-state index is 0.127. The van der Waals surface area contributed by atoms with Crippen LogP contribution in [0.4, 0.5) is 11.4 Å². The van der Waals surface area contributed by atoms with Crippen molar-refractivity contribution in [3.63, 3.8) is 0 Å². The van der Waals surface area contributed by atoms with Gasteiger partial charge in [-0.25, -0.2) is 0 Å². The van der Waals surface area contributed by atoms with Crippen molar-refractivity contribution in [3.05, 3.63) is 60.7 Å². The van der Waals surface area contributed by atoms with Crippen molar-refractivity contribution in [2.24, 2.45) is 0 Å². The molecule has 0 spiro atoms. The average Bonchev–Trinajstić information content (AvgIpc) is 3.18. The molecule has 6 nitrogen and oxygen atoms in total. The Labute approximate surface area is 161 Å². The van der Waals surface area contributed by atoms with Crippen LogP contribution in [0.5, 0.6) is 0 Å². The van der Waals surface area contributed by atoms with Crippen LogP contribution in [-0.4, -0.2) is 38.7 Å². The molecule has 3 aromatic rings. The van der Waals surface area contributed by atoms with Gasteiger partial charge in [0.15, 0.2) is 0 Å². The summed E-state index contributed by atoms with van der Waals surface area (Å²) in [4.78, 5) is 19.6. The van der Waals surface area contributed by atoms with E-state index in [4.69, 9.17) is 0 Å². The molecule has 0 unspecified atom stereocenters. The fraction of sp³-hybridized carbons (Fsp3) is 0.250. The van der Waals surface area contributed by atoms with E-state index >= 15 is 0 Å². The maximum Gasteiger partial charge on any atom is 0.232 e. The summed E-state index contributed by atoms with van der Waals surface area (Å²) in [6.07, 6.45) is 2.25. The van der Waals surface area contributed by atoms with E-state index in [1.54, 1.807) is 18.1 Å². The van der Waals surface area contributed by atoms with Gasteiger partial charge in [-0.05, 0) is 24.3 Å². The van der Waals surface area contributed by atoms with Gasteiger partial charge in [0.2, 0.25) is 5.91 Å². The van der Waals surface area contributed by atoms with E-state index < -0.39 is 0 Å². The summed E-state index contributed by atoms with van der Waals surface area (Å²) in [5.74, 6) is 1.10. The number of amides is 1. The van der Waals surface area contributed by atoms with E-state index in [-0.39, 0.29) is 5.91 Å². The quantitative estimate of drug-likeness (QED) is 0.701. The van der Waals surface area contributed by atoms with Gasteiger partial charge in [0.1, 0.15) is 12.2 Å². The number of benzene rings is 2. The molecule has 7 heteroatoms. The minimum atomic E-state index is 0.127. The SMILES string of the molecule is O=C(CCN1CCn2cnnc2C1)N1c2ccccc2Sc2ccccc21. The van der Waals surface area contributed by atoms with Crippen molar-refractivity contribution in [2.45, 2.75) is 29.3 Å². The first-order valence-corrected chi connectivity index (χ1v) is 9.89. The molecule has 0 bridgehead atoms. The van der Waals surface area contributed by atoms with E-state index in [9.17, 15) is 4.79 Å². The third-order valence-electron chi connectivity index (χ3n) is 5.04. The molecule has 0 saturated carbocycles. The van der Waals surface area contributed by atoms with Crippen LogP contribution in [-0.2, 0) is 17.9 Å². The third kappa shape index (κ3) is 3.02. The highest BCUT2D eigenvalue weighted by Gasteiger charge is 2.28. The number of anilines is 2. The summed E-state index contributed by atoms with van der Waals surface area (Å²) in [6.45, 7) is 3.26. The number of carbonyl (C=O) groups excluding carboxylic acids is 1. The molecule has 27 heavy (non-hydrogen) atoms. The van der Waals surface area contributed by atoms with Gasteiger partial charge in [-0.3, -0.25) is 14.6 Å². The Kier molecular flexibility index (Phi) is 4.18. The van der Waals surface area contributed by atoms with Crippen molar-refractivity contribution >= 4 is 29.0 Å². The standard InChI is InChI=1S/C20H19N5OS/c26-20(9-10-23-11-12-24-14-21-22-19(24)13-23)25-15-5-1-3-7-17(15)27-18-8-4-2-6-16(18)25/h1-8,14H,9-13H2. The summed E-state index contributed by atoms with van der Waals surface area (Å²) in [5.41, 5.74) is 1.95. The van der Waals surface area contributed by atoms with Crippen LogP contribution in [0, 0.1) is 0 Å². The Balaban J connectivity index is 1.36. The normalized spacial score (nSPS) is 15.8. The molecule has 3 heterocycles. The number of nitrogens with zero attached hydrogens (tertiary/aromatic N) is 5. The molecule has 0 N–H and O–H groups in total. The summed E-state index contributed by atoms with van der Waals surface area (Å²) in [5, 5.41) is 8.12. The molecule has 0 aliphatic carbocycles. The van der Waals surface area contributed by atoms with Crippen LogP contribution in [0.15, 0.2) is 64.6 Å². The van der Waals surface area contributed by atoms with Gasteiger partial charge in [-0.1, -0.05) is 36.0 Å². The predicted octanol–water partition coefficient (Wildman–Crippen LogP) is 3.31. The molecule has 0 saturated heterocycles. The zero-order valence-corrected chi connectivity index (χ0v) is 15.6. The van der Waals surface area contributed by atoms with Crippen LogP contribution in [0.2, 0.25) is 0 Å². The minimum Gasteiger partial charge on any atom is -0.315 e. The number of hydrogen-bond acceptors (Lipinski definition) is 5. The van der Waals surface area contributed by atoms with Crippen molar-refractivity contribution in [2.75, 3.05) is 18.0 Å². The number of rotatable bonds is 3. The van der Waals surface area contributed by atoms with E-state index in [1.165, 1.54) is 0 Å². The van der Waals surface area contributed by atoms with Crippen molar-refractivity contribution in [1.29, 1.82) is 0 Å². The topological polar surface area (TPSA) is 54.3 Å². The highest BCUT2D eigenvalue weighted by atomic mass is 32.2. The summed E-state index contributed by atoms with van der Waals surface area (Å²) in [6, 6.07) is 16.2. The lowest BCUT2D eigenvalue weighted by Crippen LogP contribution is -2.37. The molecule has 0 radical (unpaired) electrons. The van der Waals surface area contributed by atoms with Gasteiger partial charge in [-0.2, -0.15) is 0 Å². The van der Waals surface area contributed by atoms with Crippen LogP contribution in [0.3, 0.4) is 0 Å². The molecule has 2 aliphatic heterocycles. The first kappa shape index (κ1) is 16.5. The molecule has 1 aromatic heterocycles. The lowest BCUT2D eigenvalue weighted by molar-refractivity contribution is -0.118. The van der Waals surface area contributed by atoms with E-state index in [0.717, 1.165) is 53.2 Å². The van der Waals surface area contributed by atoms with Crippen molar-refractivity contribution < 1.29 is 4.79 Å². The summed E-state index contributed by atoms with van der Waals surface area (Å²) >= 11 is 1.72. The number of para-hydroxylation sites is 2. The van der Waals surface area contributed by atoms with E-state index in [2.05, 4.69) is 31.8 Å². The second-order valence-corrected chi connectivity index (χ2v) is 7.82. The lowest BCUT2D eigenvalue weighted by Gasteiger charge is -2.32. The smallest absolute Gasteiger partial charge is 0.232 e. The number of fused-ring (bicyclic) bond motifs is 3. The largest absolute Gasteiger partial charge is 0.315 e. The zero-order chi connectivity index (χ0) is 18.2. The Morgan fingerprint density at radius 1 is 1.00 bits per heavy atom. The van der Waals surface area contributed by atoms with Crippen LogP contribution >= 0.6 is 11.8 Å². The second-order valence-electron chi connectivity index (χ2n) is 6.73. The third-order valence-corrected chi connectivity index (χ3v) is 6.17. The maximum absolute atomic E-state index is 13.2. The van der Waals surface area contributed by atoms with Crippen molar-refractivity contribution in [1.82, 2.24) is 19.7 Å². The number of aromatic nitrogens is 3. The van der Waals surface area contributed by atoms with Gasteiger partial charge in [0.25, 0.3) is 0 Å². The molecule has 2 aliphatic rings. The van der Waals surface area contributed by atoms with Gasteiger partial charge in [0, 0.05) is 35.8 Å². The molecule has 0 fully saturated rings. The maximum atomic E-state index is 13.2. The zero-order valence-electron chi connectivity index (χ0n) is 14.8. The first-order chi connectivity index (χ1) is 13.3. The molecule has 136 valence electrons. The van der Waals surface area contributed by atoms with E-state index in [1.807, 2.05) is 41.3 Å². The Hall–Kier alpha value is -2.64. The molecule has 5 rings (SSSR count). The monoisotopic (exact) mass is 377 g/mol. The second kappa shape index (κ2) is 6.83. The van der Waals surface area contributed by atoms with Gasteiger partial charge < -0.3 is 4.57 Å². The fourth-order valence-electron chi connectivity index (χ4n) is 3.65. The molecular formula is C20H19N5OS. The van der Waals surface area contributed by atoms with Crippen LogP contribution < -0.4 is 4.90 Å². The Morgan fingerprint density at radius 2 is 1.70 bits per heavy atom. The predicted molar refractivity (Wildman–Crippen MR) is 104 cm³/mol. The van der Waals surface area contributed by atoms with Crippen molar-refractivity contribution in [3.8, 4) is 0 Å². The molecule has 1 amide bonds. The highest BCUT2D eigenvalue weighted by molar-refractivity contribution is 7.99. The summed E-state index contributed by atoms with van der Waals surface area (Å²) < 4.78 is 2.08. The molecule has 0 atom stereocenters. The summed E-state index contributed by atoms with van der Waals surface area (Å²) in [7, 11) is 0. The first-order valence-electron chi connectivity index (χ1n) is 9.07. The van der Waals surface area contributed by atoms with E-state index in [0.29, 0.717) is 6.42 Å². The number of hydrogen-bond donors (Lipinski definition) is 0. The van der Waals surface area contributed by atoms with Gasteiger partial charge in [0.05, 0.1) is 17.9 Å². The highest BCUT2D eigenvalue weighted by Crippen LogP contribution is 2.48. The average molecular weight is 377 g/mol. The van der Waals surface area contributed by atoms with Crippen LogP contribution in [0.25, 0.3) is 0 Å². The lowest BCUT2D eigenvalue weighted by atomic mass is 10.2. The Morgan fingerprint density at radius 3 is 2.44 bits per heavy atom. The molecular weight excluding hydrogens is 358 g/mol. The Bertz CT molecular complexity index is 956. The molecule has 2 aromatic carbocycles. The fourth-order valence-corrected chi connectivity index (χ4v) is 4.70. The van der Waals surface area contributed by atoms with Crippen LogP contribution in [0.1, 0.15) is 12.2 Å².